The smallest absolute Gasteiger partial charge is 0.341 e. The average Bonchev–Trinajstić information content (AvgIpc) is 2.82. The first kappa shape index (κ1) is 16.8. The Labute approximate surface area is 127 Å². The number of aryl methyl sites for hydroxylation is 1. The number of esters is 1. The number of ether oxygens (including phenoxy) is 1. The third kappa shape index (κ3) is 5.02. The van der Waals surface area contributed by atoms with Crippen LogP contribution in [0.3, 0.4) is 0 Å². The first-order valence-corrected chi connectivity index (χ1v) is 8.37. The number of thiophene rings is 1. The lowest BCUT2D eigenvalue weighted by atomic mass is 10.2. The molecule has 20 heavy (non-hydrogen) atoms. The van der Waals surface area contributed by atoms with Crippen LogP contribution >= 0.6 is 23.1 Å². The Morgan fingerprint density at radius 3 is 2.85 bits per heavy atom. The number of anilines is 1. The number of hydrogen-bond donors (Lipinski definition) is 1. The normalized spacial score (nSPS) is 10.1. The first-order chi connectivity index (χ1) is 9.62. The zero-order valence-corrected chi connectivity index (χ0v) is 13.4. The number of nitrogens with one attached hydrogen (secondary N) is 1. The van der Waals surface area contributed by atoms with Crippen LogP contribution in [0.4, 0.5) is 5.00 Å². The molecular weight excluding hydrogens is 294 g/mol. The molecule has 0 radical (unpaired) electrons. The van der Waals surface area contributed by atoms with Crippen LogP contribution in [-0.4, -0.2) is 30.0 Å². The Morgan fingerprint density at radius 2 is 2.25 bits per heavy atom. The van der Waals surface area contributed by atoms with Crippen molar-refractivity contribution in [3.8, 4) is 0 Å². The summed E-state index contributed by atoms with van der Waals surface area (Å²) in [5.74, 6) is 0.556. The molecule has 0 atom stereocenters. The van der Waals surface area contributed by atoms with Crippen molar-refractivity contribution in [3.05, 3.63) is 29.2 Å². The molecule has 0 bridgehead atoms. The third-order valence-corrected chi connectivity index (χ3v) is 4.48. The molecule has 0 saturated carbocycles. The number of carbonyl (C=O) groups excluding carboxylic acids is 2. The minimum absolute atomic E-state index is 0.119. The highest BCUT2D eigenvalue weighted by Crippen LogP contribution is 2.29. The highest BCUT2D eigenvalue weighted by Gasteiger charge is 2.18. The molecule has 1 aromatic heterocycles. The molecule has 110 valence electrons. The van der Waals surface area contributed by atoms with E-state index in [0.717, 1.165) is 17.1 Å². The molecule has 1 N–H and O–H groups in total. The number of amides is 1. The van der Waals surface area contributed by atoms with Gasteiger partial charge < -0.3 is 10.1 Å². The van der Waals surface area contributed by atoms with Gasteiger partial charge in [-0.3, -0.25) is 4.79 Å². The Kier molecular flexibility index (Phi) is 7.40. The van der Waals surface area contributed by atoms with Gasteiger partial charge in [-0.15, -0.1) is 29.7 Å². The van der Waals surface area contributed by atoms with Gasteiger partial charge >= 0.3 is 5.97 Å². The maximum atomic E-state index is 11.9. The molecule has 0 aromatic carbocycles. The molecule has 0 unspecified atom stereocenters. The monoisotopic (exact) mass is 313 g/mol. The summed E-state index contributed by atoms with van der Waals surface area (Å²) in [6.07, 6.45) is 2.57. The van der Waals surface area contributed by atoms with Gasteiger partial charge in [-0.05, 0) is 19.4 Å². The standard InChI is InChI=1S/C14H19NO3S2/c1-4-7-19-9-12(16)15-13-11(14(17)18-6-3)8-10(5-2)20-13/h4,8H,1,5-7,9H2,2-3H3,(H,15,16). The van der Waals surface area contributed by atoms with Crippen molar-refractivity contribution in [2.45, 2.75) is 20.3 Å². The lowest BCUT2D eigenvalue weighted by Gasteiger charge is -2.05. The molecule has 4 nitrogen and oxygen atoms in total. The summed E-state index contributed by atoms with van der Waals surface area (Å²) >= 11 is 2.90. The number of rotatable bonds is 8. The van der Waals surface area contributed by atoms with Crippen molar-refractivity contribution in [1.82, 2.24) is 0 Å². The molecule has 0 aliphatic heterocycles. The molecule has 1 amide bonds. The highest BCUT2D eigenvalue weighted by atomic mass is 32.2. The second-order valence-corrected chi connectivity index (χ2v) is 6.05. The van der Waals surface area contributed by atoms with Gasteiger partial charge in [0.15, 0.2) is 0 Å². The fourth-order valence-corrected chi connectivity index (χ4v) is 3.01. The number of carbonyl (C=O) groups is 2. The Hall–Kier alpha value is -1.27. The molecule has 0 fully saturated rings. The van der Waals surface area contributed by atoms with Crippen LogP contribution in [0, 0.1) is 0 Å². The largest absolute Gasteiger partial charge is 0.462 e. The molecule has 0 spiro atoms. The van der Waals surface area contributed by atoms with Crippen LogP contribution in [0.15, 0.2) is 18.7 Å². The number of thioether (sulfide) groups is 1. The first-order valence-electron chi connectivity index (χ1n) is 6.40. The van der Waals surface area contributed by atoms with Crippen molar-refractivity contribution in [3.63, 3.8) is 0 Å². The average molecular weight is 313 g/mol. The van der Waals surface area contributed by atoms with E-state index >= 15 is 0 Å². The van der Waals surface area contributed by atoms with Gasteiger partial charge in [-0.2, -0.15) is 0 Å². The minimum Gasteiger partial charge on any atom is -0.462 e. The summed E-state index contributed by atoms with van der Waals surface area (Å²) in [5.41, 5.74) is 0.441. The Bertz CT molecular complexity index is 483. The van der Waals surface area contributed by atoms with Crippen LogP contribution in [0.1, 0.15) is 29.1 Å². The Balaban J connectivity index is 2.76. The zero-order valence-electron chi connectivity index (χ0n) is 11.7. The summed E-state index contributed by atoms with van der Waals surface area (Å²) in [6, 6.07) is 1.79. The number of hydrogen-bond acceptors (Lipinski definition) is 5. The fraction of sp³-hybridized carbons (Fsp3) is 0.429. The molecule has 0 aliphatic carbocycles. The van der Waals surface area contributed by atoms with Gasteiger partial charge in [-0.25, -0.2) is 4.79 Å². The van der Waals surface area contributed by atoms with Crippen LogP contribution in [0.5, 0.6) is 0 Å². The second kappa shape index (κ2) is 8.81. The predicted octanol–water partition coefficient (Wildman–Crippen LogP) is 3.34. The summed E-state index contributed by atoms with van der Waals surface area (Å²) < 4.78 is 5.00. The van der Waals surface area contributed by atoms with Crippen LogP contribution in [-0.2, 0) is 16.0 Å². The quantitative estimate of drug-likeness (QED) is 0.454. The van der Waals surface area contributed by atoms with Crippen molar-refractivity contribution >= 4 is 40.0 Å². The van der Waals surface area contributed by atoms with Gasteiger partial charge in [0.2, 0.25) is 5.91 Å². The Morgan fingerprint density at radius 1 is 1.50 bits per heavy atom. The van der Waals surface area contributed by atoms with Crippen molar-refractivity contribution in [2.75, 3.05) is 23.4 Å². The molecule has 0 saturated heterocycles. The van der Waals surface area contributed by atoms with E-state index in [2.05, 4.69) is 11.9 Å². The topological polar surface area (TPSA) is 55.4 Å². The van der Waals surface area contributed by atoms with E-state index in [1.165, 1.54) is 23.1 Å². The molecule has 6 heteroatoms. The van der Waals surface area contributed by atoms with Gasteiger partial charge in [-0.1, -0.05) is 13.0 Å². The predicted molar refractivity (Wildman–Crippen MR) is 85.8 cm³/mol. The summed E-state index contributed by atoms with van der Waals surface area (Å²) in [5, 5.41) is 3.36. The minimum atomic E-state index is -0.391. The molecule has 1 rings (SSSR count). The molecule has 1 heterocycles. The molecule has 0 aliphatic rings. The summed E-state index contributed by atoms with van der Waals surface area (Å²) in [7, 11) is 0. The SMILES string of the molecule is C=CCSCC(=O)Nc1sc(CC)cc1C(=O)OCC. The van der Waals surface area contributed by atoms with E-state index in [1.807, 2.05) is 6.92 Å². The lowest BCUT2D eigenvalue weighted by Crippen LogP contribution is -2.16. The fourth-order valence-electron chi connectivity index (χ4n) is 1.47. The maximum Gasteiger partial charge on any atom is 0.341 e. The van der Waals surface area contributed by atoms with E-state index in [0.29, 0.717) is 22.9 Å². The van der Waals surface area contributed by atoms with E-state index < -0.39 is 5.97 Å². The lowest BCUT2D eigenvalue weighted by molar-refractivity contribution is -0.113. The second-order valence-electron chi connectivity index (χ2n) is 3.88. The van der Waals surface area contributed by atoms with Crippen molar-refractivity contribution in [2.24, 2.45) is 0 Å². The molecule has 1 aromatic rings. The van der Waals surface area contributed by atoms with Crippen LogP contribution in [0.2, 0.25) is 0 Å². The van der Waals surface area contributed by atoms with Gasteiger partial charge in [0, 0.05) is 10.6 Å². The third-order valence-electron chi connectivity index (χ3n) is 2.35. The van der Waals surface area contributed by atoms with Gasteiger partial charge in [0.25, 0.3) is 0 Å². The zero-order chi connectivity index (χ0) is 15.0. The van der Waals surface area contributed by atoms with Gasteiger partial charge in [0.05, 0.1) is 17.9 Å². The van der Waals surface area contributed by atoms with Gasteiger partial charge in [0.1, 0.15) is 5.00 Å². The maximum absolute atomic E-state index is 11.9. The van der Waals surface area contributed by atoms with Crippen molar-refractivity contribution < 1.29 is 14.3 Å². The summed E-state index contributed by atoms with van der Waals surface area (Å²) in [6.45, 7) is 7.69. The molecular formula is C14H19NO3S2. The van der Waals surface area contributed by atoms with E-state index in [4.69, 9.17) is 4.74 Å². The van der Waals surface area contributed by atoms with E-state index in [-0.39, 0.29) is 5.91 Å². The van der Waals surface area contributed by atoms with Crippen molar-refractivity contribution in [1.29, 1.82) is 0 Å². The van der Waals surface area contributed by atoms with E-state index in [9.17, 15) is 9.59 Å². The highest BCUT2D eigenvalue weighted by molar-refractivity contribution is 8.00. The van der Waals surface area contributed by atoms with E-state index in [1.54, 1.807) is 19.1 Å². The van der Waals surface area contributed by atoms with Crippen LogP contribution < -0.4 is 5.32 Å². The summed E-state index contributed by atoms with van der Waals surface area (Å²) in [4.78, 5) is 24.7. The van der Waals surface area contributed by atoms with Crippen LogP contribution in [0.25, 0.3) is 0 Å².